The number of nitrogens with zero attached hydrogens (tertiary/aromatic N) is 2. The topological polar surface area (TPSA) is 62.1 Å². The van der Waals surface area contributed by atoms with Gasteiger partial charge in [0.05, 0.1) is 28.6 Å². The molecule has 1 aliphatic heterocycles. The third-order valence-corrected chi connectivity index (χ3v) is 4.49. The fraction of sp³-hybridized carbons (Fsp3) is 0.158. The number of amides is 1. The first kappa shape index (κ1) is 17.2. The Balaban J connectivity index is 1.99. The highest BCUT2D eigenvalue weighted by molar-refractivity contribution is 9.10. The molecule has 0 saturated heterocycles. The zero-order chi connectivity index (χ0) is 18.1. The first-order chi connectivity index (χ1) is 11.9. The zero-order valence-corrected chi connectivity index (χ0v) is 15.7. The van der Waals surface area contributed by atoms with E-state index in [0.717, 1.165) is 16.8 Å². The van der Waals surface area contributed by atoms with E-state index >= 15 is 0 Å². The van der Waals surface area contributed by atoms with Crippen molar-refractivity contribution in [3.63, 3.8) is 0 Å². The average Bonchev–Trinajstić information content (AvgIpc) is 2.86. The Morgan fingerprint density at radius 2 is 2.00 bits per heavy atom. The van der Waals surface area contributed by atoms with Gasteiger partial charge in [0.15, 0.2) is 11.5 Å². The molecule has 128 valence electrons. The van der Waals surface area contributed by atoms with Gasteiger partial charge in [-0.2, -0.15) is 10.1 Å². The van der Waals surface area contributed by atoms with Crippen molar-refractivity contribution in [3.8, 4) is 11.5 Å². The molecule has 3 rings (SSSR count). The number of halogens is 1. The maximum Gasteiger partial charge on any atom is 0.280 e. The second-order valence-electron chi connectivity index (χ2n) is 5.75. The Hall–Kier alpha value is -2.60. The van der Waals surface area contributed by atoms with Crippen molar-refractivity contribution in [1.82, 2.24) is 0 Å². The average molecular weight is 401 g/mol. The highest BCUT2D eigenvalue weighted by Crippen LogP contribution is 2.36. The minimum Gasteiger partial charge on any atom is -0.503 e. The van der Waals surface area contributed by atoms with Gasteiger partial charge in [-0.1, -0.05) is 12.1 Å². The molecule has 0 aromatic heterocycles. The summed E-state index contributed by atoms with van der Waals surface area (Å²) in [5.74, 6) is 0.164. The molecule has 2 aromatic rings. The summed E-state index contributed by atoms with van der Waals surface area (Å²) in [6, 6.07) is 11.0. The van der Waals surface area contributed by atoms with Crippen LogP contribution in [-0.4, -0.2) is 23.8 Å². The van der Waals surface area contributed by atoms with E-state index < -0.39 is 0 Å². The van der Waals surface area contributed by atoms with Crippen LogP contribution in [0.4, 0.5) is 5.69 Å². The summed E-state index contributed by atoms with van der Waals surface area (Å²) >= 11 is 3.29. The molecule has 25 heavy (non-hydrogen) atoms. The molecule has 0 atom stereocenters. The molecule has 0 unspecified atom stereocenters. The van der Waals surface area contributed by atoms with E-state index in [1.165, 1.54) is 12.1 Å². The van der Waals surface area contributed by atoms with E-state index in [4.69, 9.17) is 4.74 Å². The molecular weight excluding hydrogens is 384 g/mol. The Bertz CT molecular complexity index is 919. The molecule has 6 heteroatoms. The normalized spacial score (nSPS) is 15.7. The maximum absolute atomic E-state index is 12.8. The standard InChI is InChI=1S/C19H17BrN2O3/c1-11-5-4-6-14(7-11)22-19(24)15(12(2)21-22)8-13-9-16(20)18(23)17(10-13)25-3/h4-10,23H,1-3H3/b15-8-. The molecule has 0 fully saturated rings. The number of aryl methyl sites for hydroxylation is 1. The number of methoxy groups -OCH3 is 1. The van der Waals surface area contributed by atoms with Gasteiger partial charge in [0.25, 0.3) is 5.91 Å². The number of phenols is 1. The van der Waals surface area contributed by atoms with E-state index in [1.54, 1.807) is 25.1 Å². The van der Waals surface area contributed by atoms with E-state index in [9.17, 15) is 9.90 Å². The second-order valence-corrected chi connectivity index (χ2v) is 6.61. The van der Waals surface area contributed by atoms with Crippen molar-refractivity contribution in [2.24, 2.45) is 5.10 Å². The van der Waals surface area contributed by atoms with Crippen molar-refractivity contribution in [2.45, 2.75) is 13.8 Å². The first-order valence-corrected chi connectivity index (χ1v) is 8.45. The van der Waals surface area contributed by atoms with Gasteiger partial charge < -0.3 is 9.84 Å². The van der Waals surface area contributed by atoms with E-state index in [2.05, 4.69) is 21.0 Å². The lowest BCUT2D eigenvalue weighted by atomic mass is 10.1. The van der Waals surface area contributed by atoms with Crippen molar-refractivity contribution in [1.29, 1.82) is 0 Å². The van der Waals surface area contributed by atoms with Gasteiger partial charge in [-0.25, -0.2) is 0 Å². The number of carbonyl (C=O) groups is 1. The summed E-state index contributed by atoms with van der Waals surface area (Å²) in [6.45, 7) is 3.77. The Labute approximate surface area is 154 Å². The lowest BCUT2D eigenvalue weighted by Gasteiger charge is -2.12. The molecule has 0 aliphatic carbocycles. The first-order valence-electron chi connectivity index (χ1n) is 7.65. The van der Waals surface area contributed by atoms with Gasteiger partial charge in [0.2, 0.25) is 0 Å². The van der Waals surface area contributed by atoms with Crippen LogP contribution in [0.3, 0.4) is 0 Å². The third kappa shape index (κ3) is 3.30. The molecule has 0 bridgehead atoms. The lowest BCUT2D eigenvalue weighted by Crippen LogP contribution is -2.21. The Morgan fingerprint density at radius 3 is 2.68 bits per heavy atom. The van der Waals surface area contributed by atoms with Gasteiger partial charge in [-0.05, 0) is 71.2 Å². The predicted octanol–water partition coefficient (Wildman–Crippen LogP) is 4.28. The number of ether oxygens (including phenoxy) is 1. The van der Waals surface area contributed by atoms with Crippen molar-refractivity contribution in [3.05, 3.63) is 57.6 Å². The van der Waals surface area contributed by atoms with E-state index in [1.807, 2.05) is 31.2 Å². The van der Waals surface area contributed by atoms with Gasteiger partial charge in [0.1, 0.15) is 0 Å². The fourth-order valence-electron chi connectivity index (χ4n) is 2.62. The molecular formula is C19H17BrN2O3. The SMILES string of the molecule is COc1cc(/C=C2\C(=O)N(c3cccc(C)c3)N=C2C)cc(Br)c1O. The van der Waals surface area contributed by atoms with Crippen molar-refractivity contribution >= 4 is 39.3 Å². The molecule has 2 aromatic carbocycles. The van der Waals surface area contributed by atoms with Crippen LogP contribution < -0.4 is 9.75 Å². The monoisotopic (exact) mass is 400 g/mol. The molecule has 1 aliphatic rings. The number of benzene rings is 2. The van der Waals surface area contributed by atoms with Crippen LogP contribution in [0.1, 0.15) is 18.1 Å². The van der Waals surface area contributed by atoms with Crippen molar-refractivity contribution in [2.75, 3.05) is 12.1 Å². The number of hydrogen-bond donors (Lipinski definition) is 1. The van der Waals surface area contributed by atoms with Crippen LogP contribution in [0, 0.1) is 6.92 Å². The van der Waals surface area contributed by atoms with Crippen LogP contribution in [-0.2, 0) is 4.79 Å². The molecule has 0 saturated carbocycles. The molecule has 5 nitrogen and oxygen atoms in total. The minimum absolute atomic E-state index is 0.0224. The van der Waals surface area contributed by atoms with Gasteiger partial charge >= 0.3 is 0 Å². The number of aromatic hydroxyl groups is 1. The summed E-state index contributed by atoms with van der Waals surface area (Å²) in [4.78, 5) is 12.8. The van der Waals surface area contributed by atoms with Crippen LogP contribution in [0.25, 0.3) is 6.08 Å². The number of rotatable bonds is 3. The third-order valence-electron chi connectivity index (χ3n) is 3.89. The van der Waals surface area contributed by atoms with Crippen LogP contribution in [0.15, 0.2) is 51.5 Å². The summed E-state index contributed by atoms with van der Waals surface area (Å²) in [5, 5.41) is 15.7. The number of anilines is 1. The fourth-order valence-corrected chi connectivity index (χ4v) is 3.08. The van der Waals surface area contributed by atoms with Gasteiger partial charge in [0, 0.05) is 0 Å². The summed E-state index contributed by atoms with van der Waals surface area (Å²) in [7, 11) is 1.48. The summed E-state index contributed by atoms with van der Waals surface area (Å²) < 4.78 is 5.65. The molecule has 1 amide bonds. The van der Waals surface area contributed by atoms with Gasteiger partial charge in [-0.3, -0.25) is 4.79 Å². The maximum atomic E-state index is 12.8. The summed E-state index contributed by atoms with van der Waals surface area (Å²) in [5.41, 5.74) is 3.65. The van der Waals surface area contributed by atoms with Crippen LogP contribution in [0.2, 0.25) is 0 Å². The number of carbonyl (C=O) groups excluding carboxylic acids is 1. The predicted molar refractivity (Wildman–Crippen MR) is 102 cm³/mol. The largest absolute Gasteiger partial charge is 0.503 e. The van der Waals surface area contributed by atoms with Crippen molar-refractivity contribution < 1.29 is 14.6 Å². The highest BCUT2D eigenvalue weighted by atomic mass is 79.9. The smallest absolute Gasteiger partial charge is 0.280 e. The Morgan fingerprint density at radius 1 is 1.24 bits per heavy atom. The van der Waals surface area contributed by atoms with Crippen LogP contribution >= 0.6 is 15.9 Å². The quantitative estimate of drug-likeness (QED) is 0.782. The number of hydrogen-bond acceptors (Lipinski definition) is 4. The molecule has 0 radical (unpaired) electrons. The molecule has 0 spiro atoms. The number of hydrazone groups is 1. The molecule has 1 heterocycles. The highest BCUT2D eigenvalue weighted by Gasteiger charge is 2.28. The van der Waals surface area contributed by atoms with E-state index in [0.29, 0.717) is 21.5 Å². The Kier molecular flexibility index (Phi) is 4.63. The zero-order valence-electron chi connectivity index (χ0n) is 14.1. The second kappa shape index (κ2) is 6.72. The number of phenolic OH excluding ortho intramolecular Hbond substituents is 1. The molecule has 1 N–H and O–H groups in total. The lowest BCUT2D eigenvalue weighted by molar-refractivity contribution is -0.114. The summed E-state index contributed by atoms with van der Waals surface area (Å²) in [6.07, 6.45) is 1.74. The van der Waals surface area contributed by atoms with Gasteiger partial charge in [-0.15, -0.1) is 0 Å². The minimum atomic E-state index is -0.189. The van der Waals surface area contributed by atoms with Crippen LogP contribution in [0.5, 0.6) is 11.5 Å². The van der Waals surface area contributed by atoms with E-state index in [-0.39, 0.29) is 11.7 Å².